The molecule has 8 aliphatic rings. The predicted molar refractivity (Wildman–Crippen MR) is 237 cm³/mol. The van der Waals surface area contributed by atoms with Crippen molar-refractivity contribution in [2.75, 3.05) is 0 Å². The summed E-state index contributed by atoms with van der Waals surface area (Å²) in [6, 6.07) is 30.1. The lowest BCUT2D eigenvalue weighted by atomic mass is 9.48. The summed E-state index contributed by atoms with van der Waals surface area (Å²) in [7, 11) is -1.99. The van der Waals surface area contributed by atoms with Crippen LogP contribution in [0, 0.1) is 23.7 Å². The van der Waals surface area contributed by atoms with Crippen LogP contribution in [0.5, 0.6) is 0 Å². The molecule has 282 valence electrons. The summed E-state index contributed by atoms with van der Waals surface area (Å²) in [6.07, 6.45) is 20.8. The number of hydrogen-bond acceptors (Lipinski definition) is 0. The molecule has 0 nitrogen and oxygen atoms in total. The smallest absolute Gasteiger partial charge is 0.0658 e. The maximum absolute atomic E-state index is 2.77. The molecule has 12 rings (SSSR count). The summed E-state index contributed by atoms with van der Waals surface area (Å²) in [4.78, 5) is 0. The first-order valence-corrected chi connectivity index (χ1v) is 25.5. The van der Waals surface area contributed by atoms with Gasteiger partial charge >= 0.3 is 0 Å². The molecular formula is C54H62Si. The van der Waals surface area contributed by atoms with Crippen molar-refractivity contribution in [1.82, 2.24) is 0 Å². The lowest BCUT2D eigenvalue weighted by Crippen LogP contribution is -2.48. The van der Waals surface area contributed by atoms with E-state index in [1.165, 1.54) is 105 Å². The van der Waals surface area contributed by atoms with Crippen LogP contribution in [0.3, 0.4) is 0 Å². The SMILES string of the molecule is CCC1=C2c3c(cc(C4C(C5CCCCC5)=Cc5c(-c6ccc(C(C)(C)C)cc6)cccc54)c(c3-c3ccc(C45CC6CC(CC(C6)C4)C5)cc3)[Si]2(C)C)C1. The fraction of sp³-hybridized carbons (Fsp3) is 0.481. The molecule has 4 aromatic rings. The Bertz CT molecular complexity index is 2240. The van der Waals surface area contributed by atoms with Crippen molar-refractivity contribution in [1.29, 1.82) is 0 Å². The molecule has 0 amide bonds. The first-order valence-electron chi connectivity index (χ1n) is 22.5. The molecule has 0 N–H and O–H groups in total. The predicted octanol–water partition coefficient (Wildman–Crippen LogP) is 14.1. The van der Waals surface area contributed by atoms with Crippen LogP contribution in [0.2, 0.25) is 13.1 Å². The lowest BCUT2D eigenvalue weighted by Gasteiger charge is -2.57. The molecule has 0 saturated heterocycles. The number of hydrogen-bond donors (Lipinski definition) is 0. The van der Waals surface area contributed by atoms with Gasteiger partial charge < -0.3 is 0 Å². The summed E-state index contributed by atoms with van der Waals surface area (Å²) in [5, 5.41) is 3.58. The van der Waals surface area contributed by atoms with Gasteiger partial charge in [-0.2, -0.15) is 0 Å². The Hall–Kier alpha value is -3.42. The molecule has 1 unspecified atom stereocenters. The fourth-order valence-electron chi connectivity index (χ4n) is 14.5. The van der Waals surface area contributed by atoms with E-state index in [2.05, 4.69) is 120 Å². The van der Waals surface area contributed by atoms with E-state index >= 15 is 0 Å². The fourth-order valence-corrected chi connectivity index (χ4v) is 18.6. The molecule has 6 bridgehead atoms. The molecule has 5 fully saturated rings. The van der Waals surface area contributed by atoms with Crippen LogP contribution in [0.25, 0.3) is 33.5 Å². The number of allylic oxidation sites excluding steroid dienone is 2. The van der Waals surface area contributed by atoms with E-state index in [-0.39, 0.29) is 5.41 Å². The maximum Gasteiger partial charge on any atom is 0.114 e. The lowest BCUT2D eigenvalue weighted by molar-refractivity contribution is -0.00518. The zero-order valence-corrected chi connectivity index (χ0v) is 35.6. The number of benzene rings is 4. The third-order valence-electron chi connectivity index (χ3n) is 16.5. The van der Waals surface area contributed by atoms with Crippen molar-refractivity contribution in [3.05, 3.63) is 123 Å². The van der Waals surface area contributed by atoms with Gasteiger partial charge in [0.05, 0.1) is 0 Å². The van der Waals surface area contributed by atoms with Crippen molar-refractivity contribution in [2.24, 2.45) is 23.7 Å². The van der Waals surface area contributed by atoms with Crippen molar-refractivity contribution >= 4 is 24.5 Å². The molecular weight excluding hydrogens is 677 g/mol. The third kappa shape index (κ3) is 5.19. The molecule has 7 aliphatic carbocycles. The Balaban J connectivity index is 1.07. The highest BCUT2D eigenvalue weighted by Crippen LogP contribution is 2.61. The second-order valence-electron chi connectivity index (χ2n) is 21.2. The van der Waals surface area contributed by atoms with Gasteiger partial charge in [-0.3, -0.25) is 0 Å². The second-order valence-corrected chi connectivity index (χ2v) is 25.5. The van der Waals surface area contributed by atoms with Gasteiger partial charge in [0.15, 0.2) is 0 Å². The quantitative estimate of drug-likeness (QED) is 0.173. The molecule has 1 heteroatoms. The van der Waals surface area contributed by atoms with Gasteiger partial charge in [-0.15, -0.1) is 0 Å². The monoisotopic (exact) mass is 738 g/mol. The van der Waals surface area contributed by atoms with Crippen molar-refractivity contribution in [2.45, 2.75) is 141 Å². The van der Waals surface area contributed by atoms with Gasteiger partial charge in [-0.1, -0.05) is 150 Å². The minimum Gasteiger partial charge on any atom is -0.0658 e. The third-order valence-corrected chi connectivity index (χ3v) is 20.1. The number of rotatable bonds is 6. The number of fused-ring (bicyclic) bond motifs is 2. The topological polar surface area (TPSA) is 0 Å². The molecule has 0 radical (unpaired) electrons. The largest absolute Gasteiger partial charge is 0.114 e. The van der Waals surface area contributed by atoms with E-state index in [1.807, 2.05) is 0 Å². The summed E-state index contributed by atoms with van der Waals surface area (Å²) >= 11 is 0. The molecule has 55 heavy (non-hydrogen) atoms. The second kappa shape index (κ2) is 12.3. The molecule has 0 spiro atoms. The van der Waals surface area contributed by atoms with Crippen LogP contribution >= 0.6 is 0 Å². The standard InChI is InChI=1S/C54H62Si/c1-7-36-27-40-28-47(50-44-15-11-14-43(38-16-20-41(21-17-38)53(2,3)4)46(44)29-45(50)37-12-9-8-10-13-37)52-48(49(40)51(36)55(52,5)6)39-18-22-42(23-19-39)54-30-33-24-34(31-54)26-35(25-33)32-54/h11,14-23,28-29,33-35,37,50H,7-10,12-13,24-27,30-32H2,1-6H3. The van der Waals surface area contributed by atoms with Crippen LogP contribution in [0.15, 0.2) is 83.9 Å². The van der Waals surface area contributed by atoms with Gasteiger partial charge in [-0.25, -0.2) is 0 Å². The van der Waals surface area contributed by atoms with Crippen LogP contribution in [0.1, 0.15) is 150 Å². The van der Waals surface area contributed by atoms with Crippen molar-refractivity contribution < 1.29 is 0 Å². The van der Waals surface area contributed by atoms with Crippen LogP contribution in [-0.2, 0) is 17.3 Å². The van der Waals surface area contributed by atoms with Crippen LogP contribution < -0.4 is 5.19 Å². The van der Waals surface area contributed by atoms with Crippen molar-refractivity contribution in [3.8, 4) is 22.3 Å². The van der Waals surface area contributed by atoms with Gasteiger partial charge in [0.25, 0.3) is 0 Å². The average molecular weight is 739 g/mol. The Morgan fingerprint density at radius 2 is 1.38 bits per heavy atom. The summed E-state index contributed by atoms with van der Waals surface area (Å²) in [6.45, 7) is 14.8. The van der Waals surface area contributed by atoms with Crippen LogP contribution in [0.4, 0.5) is 0 Å². The molecule has 1 heterocycles. The maximum atomic E-state index is 2.77. The highest BCUT2D eigenvalue weighted by molar-refractivity contribution is 7.07. The van der Waals surface area contributed by atoms with Crippen LogP contribution in [-0.4, -0.2) is 8.07 Å². The zero-order valence-electron chi connectivity index (χ0n) is 34.6. The molecule has 5 saturated carbocycles. The minimum atomic E-state index is -1.99. The summed E-state index contributed by atoms with van der Waals surface area (Å²) in [5.41, 5.74) is 21.1. The molecule has 1 aliphatic heterocycles. The van der Waals surface area contributed by atoms with E-state index in [0.717, 1.165) is 24.2 Å². The summed E-state index contributed by atoms with van der Waals surface area (Å²) < 4.78 is 0. The van der Waals surface area contributed by atoms with E-state index in [9.17, 15) is 0 Å². The van der Waals surface area contributed by atoms with Gasteiger partial charge in [0, 0.05) is 5.92 Å². The first-order chi connectivity index (χ1) is 26.5. The average Bonchev–Trinajstić information content (AvgIpc) is 3.81. The normalized spacial score (nSPS) is 28.7. The molecule has 0 aromatic heterocycles. The highest BCUT2D eigenvalue weighted by Gasteiger charge is 2.52. The van der Waals surface area contributed by atoms with E-state index in [1.54, 1.807) is 54.9 Å². The Morgan fingerprint density at radius 1 is 0.727 bits per heavy atom. The van der Waals surface area contributed by atoms with Gasteiger partial charge in [0.1, 0.15) is 8.07 Å². The summed E-state index contributed by atoms with van der Waals surface area (Å²) in [5.74, 6) is 3.98. The van der Waals surface area contributed by atoms with Gasteiger partial charge in [0.2, 0.25) is 0 Å². The Morgan fingerprint density at radius 3 is 2.02 bits per heavy atom. The van der Waals surface area contributed by atoms with E-state index < -0.39 is 8.07 Å². The van der Waals surface area contributed by atoms with Gasteiger partial charge in [-0.05, 0) is 170 Å². The first kappa shape index (κ1) is 34.8. The Labute approximate surface area is 333 Å². The Kier molecular flexibility index (Phi) is 7.77. The van der Waals surface area contributed by atoms with Crippen molar-refractivity contribution in [3.63, 3.8) is 0 Å². The zero-order chi connectivity index (χ0) is 37.4. The molecule has 1 atom stereocenters. The minimum absolute atomic E-state index is 0.155. The van der Waals surface area contributed by atoms with E-state index in [0.29, 0.717) is 17.3 Å². The highest BCUT2D eigenvalue weighted by atomic mass is 28.3. The van der Waals surface area contributed by atoms with E-state index in [4.69, 9.17) is 0 Å². The molecule has 4 aromatic carbocycles.